The van der Waals surface area contributed by atoms with Crippen molar-refractivity contribution in [3.8, 4) is 0 Å². The molecule has 0 amide bonds. The fourth-order valence-corrected chi connectivity index (χ4v) is 3.04. The molecular weight excluding hydrogens is 567 g/mol. The minimum absolute atomic E-state index is 0. The van der Waals surface area contributed by atoms with E-state index in [1.807, 2.05) is 0 Å². The van der Waals surface area contributed by atoms with Gasteiger partial charge in [0.1, 0.15) is 12.7 Å². The monoisotopic (exact) mass is 599 g/mol. The molecule has 10 nitrogen and oxygen atoms in total. The van der Waals surface area contributed by atoms with Crippen LogP contribution in [0.1, 0.15) is 38.5 Å². The summed E-state index contributed by atoms with van der Waals surface area (Å²) in [5.41, 5.74) is 11.3. The quantitative estimate of drug-likeness (QED) is 0.250. The number of aliphatic carboxylic acids is 2. The number of carbonyl (C=O) groups excluding carboxylic acids is 2. The van der Waals surface area contributed by atoms with Crippen molar-refractivity contribution in [2.45, 2.75) is 50.7 Å². The second-order valence-corrected chi connectivity index (χ2v) is 6.94. The molecule has 1 heterocycles. The first-order valence-electron chi connectivity index (χ1n) is 9.76. The van der Waals surface area contributed by atoms with Crippen molar-refractivity contribution in [1.82, 2.24) is 0 Å². The summed E-state index contributed by atoms with van der Waals surface area (Å²) < 4.78 is 10.3. The number of carboxylic acids is 2. The Morgan fingerprint density at radius 3 is 2.21 bits per heavy atom. The fraction of sp³-hybridized carbons (Fsp3) is 0.889. The molecule has 0 aromatic heterocycles. The largest absolute Gasteiger partial charge is 2.00 e. The summed E-state index contributed by atoms with van der Waals surface area (Å²) in [6.07, 6.45) is 4.50. The van der Waals surface area contributed by atoms with E-state index in [9.17, 15) is 19.8 Å². The number of carboxylic acid groups (broad SMARTS) is 2. The van der Waals surface area contributed by atoms with Gasteiger partial charge >= 0.3 is 21.1 Å². The summed E-state index contributed by atoms with van der Waals surface area (Å²) in [6, 6.07) is 0.392. The van der Waals surface area contributed by atoms with Gasteiger partial charge in [0.05, 0.1) is 38.4 Å². The normalized spacial score (nSPS) is 25.8. The molecule has 29 heavy (non-hydrogen) atoms. The third-order valence-electron chi connectivity index (χ3n) is 4.81. The van der Waals surface area contributed by atoms with Gasteiger partial charge in [0.25, 0.3) is 0 Å². The van der Waals surface area contributed by atoms with Crippen LogP contribution in [0.15, 0.2) is 0 Å². The molecule has 1 aliphatic heterocycles. The molecule has 172 valence electrons. The Bertz CT molecular complexity index is 434. The van der Waals surface area contributed by atoms with E-state index >= 15 is 0 Å². The van der Waals surface area contributed by atoms with Gasteiger partial charge in [-0.2, -0.15) is 0 Å². The molecule has 4 N–H and O–H groups in total. The van der Waals surface area contributed by atoms with Gasteiger partial charge in [0.2, 0.25) is 0 Å². The number of rotatable bonds is 6. The smallest absolute Gasteiger partial charge is 0.549 e. The fourth-order valence-electron chi connectivity index (χ4n) is 3.04. The van der Waals surface area contributed by atoms with Gasteiger partial charge in [0, 0.05) is 12.0 Å². The van der Waals surface area contributed by atoms with Gasteiger partial charge in [-0.25, -0.2) is 9.78 Å². The average Bonchev–Trinajstić information content (AvgIpc) is 2.67. The Labute approximate surface area is 185 Å². The first-order valence-corrected chi connectivity index (χ1v) is 9.76. The standard InChI is InChI=1S/C11H18O8.C7H16N2.Pt/c12-10(13)9(11(14)15)2-1-8-7-17-4-3-16-5-6-18-19-8;8-5-6-3-1-2-4-7(6)9;/h8-9H,1-7H2,(H,12,13)(H,14,15);6-7H,1-5,8-9H2;/q;;+2/p-2/t;6-,7+;/m.0./s1. The first-order chi connectivity index (χ1) is 13.5. The van der Waals surface area contributed by atoms with E-state index in [2.05, 4.69) is 0 Å². The average molecular weight is 600 g/mol. The molecule has 0 spiro atoms. The SMILES string of the molecule is NC[C@@H]1CCCC[C@H]1N.O=C([O-])C(CCC1COCCOCCOO1)C(=O)[O-].[Pt+2]. The van der Waals surface area contributed by atoms with Crippen molar-refractivity contribution in [1.29, 1.82) is 0 Å². The van der Waals surface area contributed by atoms with Crippen LogP contribution in [0.5, 0.6) is 0 Å². The molecule has 0 aromatic rings. The number of carbonyl (C=O) groups is 2. The second-order valence-electron chi connectivity index (χ2n) is 6.94. The maximum absolute atomic E-state index is 10.6. The van der Waals surface area contributed by atoms with Crippen molar-refractivity contribution in [3.63, 3.8) is 0 Å². The Balaban J connectivity index is 0.000000658. The second kappa shape index (κ2) is 17.1. The van der Waals surface area contributed by atoms with Gasteiger partial charge < -0.3 is 40.7 Å². The van der Waals surface area contributed by atoms with Crippen LogP contribution in [0.4, 0.5) is 0 Å². The summed E-state index contributed by atoms with van der Waals surface area (Å²) in [6.45, 7) is 2.34. The van der Waals surface area contributed by atoms with Crippen LogP contribution in [0, 0.1) is 11.8 Å². The number of hydrogen-bond acceptors (Lipinski definition) is 10. The van der Waals surface area contributed by atoms with Gasteiger partial charge in [0.15, 0.2) is 0 Å². The molecule has 2 fully saturated rings. The van der Waals surface area contributed by atoms with E-state index in [0.29, 0.717) is 31.8 Å². The Hall–Kier alpha value is -0.612. The molecule has 1 saturated heterocycles. The molecule has 3 atom stereocenters. The van der Waals surface area contributed by atoms with Crippen LogP contribution >= 0.6 is 0 Å². The van der Waals surface area contributed by atoms with Gasteiger partial charge in [-0.05, 0) is 38.1 Å². The first kappa shape index (κ1) is 28.4. The van der Waals surface area contributed by atoms with Crippen LogP contribution in [0.3, 0.4) is 0 Å². The van der Waals surface area contributed by atoms with E-state index in [4.69, 9.17) is 30.7 Å². The Morgan fingerprint density at radius 1 is 1.00 bits per heavy atom. The summed E-state index contributed by atoms with van der Waals surface area (Å²) in [4.78, 5) is 31.0. The molecule has 0 aromatic carbocycles. The van der Waals surface area contributed by atoms with Crippen molar-refractivity contribution < 1.29 is 60.1 Å². The van der Waals surface area contributed by atoms with Crippen molar-refractivity contribution in [2.75, 3.05) is 39.6 Å². The molecule has 1 unspecified atom stereocenters. The van der Waals surface area contributed by atoms with E-state index in [-0.39, 0.29) is 47.1 Å². The predicted octanol–water partition coefficient (Wildman–Crippen LogP) is -2.29. The van der Waals surface area contributed by atoms with Crippen LogP contribution in [-0.4, -0.2) is 63.7 Å². The molecule has 11 heteroatoms. The van der Waals surface area contributed by atoms with E-state index in [0.717, 1.165) is 6.54 Å². The zero-order valence-corrected chi connectivity index (χ0v) is 18.8. The molecule has 1 aliphatic carbocycles. The number of nitrogens with two attached hydrogens (primary N) is 2. The molecular formula is C18H32N2O8Pt. The maximum atomic E-state index is 10.6. The summed E-state index contributed by atoms with van der Waals surface area (Å²) >= 11 is 0. The number of hydrogen-bond donors (Lipinski definition) is 2. The molecule has 0 bridgehead atoms. The molecule has 2 rings (SSSR count). The van der Waals surface area contributed by atoms with Crippen LogP contribution in [0.25, 0.3) is 0 Å². The van der Waals surface area contributed by atoms with E-state index < -0.39 is 24.0 Å². The van der Waals surface area contributed by atoms with Gasteiger partial charge in [-0.15, -0.1) is 0 Å². The topological polar surface area (TPSA) is 169 Å². The third-order valence-corrected chi connectivity index (χ3v) is 4.81. The van der Waals surface area contributed by atoms with E-state index in [1.54, 1.807) is 0 Å². The molecule has 1 saturated carbocycles. The van der Waals surface area contributed by atoms with Crippen LogP contribution in [-0.2, 0) is 49.9 Å². The third kappa shape index (κ3) is 12.6. The Morgan fingerprint density at radius 2 is 1.62 bits per heavy atom. The van der Waals surface area contributed by atoms with Crippen molar-refractivity contribution >= 4 is 11.9 Å². The van der Waals surface area contributed by atoms with Crippen molar-refractivity contribution in [2.24, 2.45) is 23.3 Å². The number of ether oxygens (including phenoxy) is 2. The summed E-state index contributed by atoms with van der Waals surface area (Å²) in [7, 11) is 0. The van der Waals surface area contributed by atoms with Crippen LogP contribution < -0.4 is 21.7 Å². The van der Waals surface area contributed by atoms with E-state index in [1.165, 1.54) is 25.7 Å². The minimum Gasteiger partial charge on any atom is -0.549 e. The zero-order chi connectivity index (χ0) is 20.8. The zero-order valence-electron chi connectivity index (χ0n) is 16.5. The molecule has 0 radical (unpaired) electrons. The van der Waals surface area contributed by atoms with Crippen molar-refractivity contribution in [3.05, 3.63) is 0 Å². The summed E-state index contributed by atoms with van der Waals surface area (Å²) in [5, 5.41) is 21.2. The molecule has 2 aliphatic rings. The predicted molar refractivity (Wildman–Crippen MR) is 94.2 cm³/mol. The summed E-state index contributed by atoms with van der Waals surface area (Å²) in [5.74, 6) is -4.40. The van der Waals surface area contributed by atoms with Gasteiger partial charge in [-0.1, -0.05) is 12.8 Å². The minimum atomic E-state index is -1.67. The maximum Gasteiger partial charge on any atom is 2.00 e. The Kier molecular flexibility index (Phi) is 16.7. The van der Waals surface area contributed by atoms with Gasteiger partial charge in [-0.3, -0.25) is 0 Å². The van der Waals surface area contributed by atoms with Crippen LogP contribution in [0.2, 0.25) is 0 Å².